The lowest BCUT2D eigenvalue weighted by molar-refractivity contribution is -0.114. The van der Waals surface area contributed by atoms with E-state index in [1.165, 1.54) is 29.5 Å². The number of rotatable bonds is 7. The summed E-state index contributed by atoms with van der Waals surface area (Å²) in [5, 5.41) is 21.2. The van der Waals surface area contributed by atoms with Gasteiger partial charge in [0.2, 0.25) is 5.91 Å². The Kier molecular flexibility index (Phi) is 7.65. The summed E-state index contributed by atoms with van der Waals surface area (Å²) in [4.78, 5) is 26.6. The van der Waals surface area contributed by atoms with E-state index >= 15 is 0 Å². The zero-order valence-corrected chi connectivity index (χ0v) is 20.3. The SMILES string of the molecule is CC1=C(C(=O)Nc2ccccc2)C(c2cccs2)C(C#N)=C(SCC(=O)Nc2cccc(F)c2)N1. The second-order valence-electron chi connectivity index (χ2n) is 7.63. The molecule has 0 bridgehead atoms. The van der Waals surface area contributed by atoms with Crippen molar-refractivity contribution in [3.63, 3.8) is 0 Å². The molecule has 2 heterocycles. The van der Waals surface area contributed by atoms with E-state index in [1.54, 1.807) is 25.1 Å². The van der Waals surface area contributed by atoms with E-state index in [4.69, 9.17) is 0 Å². The van der Waals surface area contributed by atoms with E-state index < -0.39 is 11.7 Å². The topological polar surface area (TPSA) is 94.0 Å². The van der Waals surface area contributed by atoms with E-state index in [-0.39, 0.29) is 17.6 Å². The first-order valence-corrected chi connectivity index (χ1v) is 12.5. The molecule has 176 valence electrons. The van der Waals surface area contributed by atoms with Crippen molar-refractivity contribution in [2.45, 2.75) is 12.8 Å². The number of hydrogen-bond donors (Lipinski definition) is 3. The second-order valence-corrected chi connectivity index (χ2v) is 9.60. The van der Waals surface area contributed by atoms with Gasteiger partial charge in [0.1, 0.15) is 5.82 Å². The minimum atomic E-state index is -0.571. The zero-order valence-electron chi connectivity index (χ0n) is 18.7. The fraction of sp³-hybridized carbons (Fsp3) is 0.115. The Bertz CT molecular complexity index is 1350. The van der Waals surface area contributed by atoms with Gasteiger partial charge in [-0.15, -0.1) is 11.3 Å². The molecule has 3 N–H and O–H groups in total. The summed E-state index contributed by atoms with van der Waals surface area (Å²) in [5.74, 6) is -1.66. The first kappa shape index (κ1) is 24.3. The van der Waals surface area contributed by atoms with Crippen molar-refractivity contribution >= 4 is 46.3 Å². The minimum absolute atomic E-state index is 0.0000122. The number of halogens is 1. The smallest absolute Gasteiger partial charge is 0.254 e. The summed E-state index contributed by atoms with van der Waals surface area (Å²) in [7, 11) is 0. The predicted octanol–water partition coefficient (Wildman–Crippen LogP) is 5.59. The first-order valence-electron chi connectivity index (χ1n) is 10.7. The summed E-state index contributed by atoms with van der Waals surface area (Å²) >= 11 is 2.62. The third-order valence-electron chi connectivity index (χ3n) is 5.21. The first-order chi connectivity index (χ1) is 17.0. The van der Waals surface area contributed by atoms with Gasteiger partial charge in [-0.25, -0.2) is 4.39 Å². The molecule has 9 heteroatoms. The largest absolute Gasteiger partial charge is 0.353 e. The Morgan fingerprint density at radius 3 is 2.54 bits per heavy atom. The summed E-state index contributed by atoms with van der Waals surface area (Å²) in [6.45, 7) is 1.78. The van der Waals surface area contributed by atoms with Crippen molar-refractivity contribution in [3.8, 4) is 6.07 Å². The molecule has 2 aromatic carbocycles. The number of anilines is 2. The van der Waals surface area contributed by atoms with Crippen LogP contribution in [0.25, 0.3) is 0 Å². The lowest BCUT2D eigenvalue weighted by atomic mass is 9.86. The highest BCUT2D eigenvalue weighted by Crippen LogP contribution is 2.42. The molecule has 0 saturated heterocycles. The van der Waals surface area contributed by atoms with Crippen LogP contribution in [0.5, 0.6) is 0 Å². The van der Waals surface area contributed by atoms with Gasteiger partial charge in [-0.1, -0.05) is 42.1 Å². The number of para-hydroxylation sites is 1. The summed E-state index contributed by atoms with van der Waals surface area (Å²) in [5.41, 5.74) is 2.42. The summed E-state index contributed by atoms with van der Waals surface area (Å²) in [6, 6.07) is 20.8. The fourth-order valence-electron chi connectivity index (χ4n) is 3.69. The number of benzene rings is 2. The van der Waals surface area contributed by atoms with Crippen molar-refractivity contribution in [1.82, 2.24) is 5.32 Å². The molecule has 4 rings (SSSR count). The van der Waals surface area contributed by atoms with Gasteiger partial charge in [-0.3, -0.25) is 9.59 Å². The number of allylic oxidation sites excluding steroid dienone is 2. The van der Waals surface area contributed by atoms with Gasteiger partial charge < -0.3 is 16.0 Å². The van der Waals surface area contributed by atoms with Crippen molar-refractivity contribution in [2.24, 2.45) is 0 Å². The third kappa shape index (κ3) is 5.80. The maximum Gasteiger partial charge on any atom is 0.254 e. The van der Waals surface area contributed by atoms with Gasteiger partial charge in [0.05, 0.1) is 28.3 Å². The van der Waals surface area contributed by atoms with Gasteiger partial charge in [-0.2, -0.15) is 5.26 Å². The van der Waals surface area contributed by atoms with Gasteiger partial charge in [0.15, 0.2) is 0 Å². The van der Waals surface area contributed by atoms with Crippen molar-refractivity contribution < 1.29 is 14.0 Å². The molecule has 0 fully saturated rings. The monoisotopic (exact) mass is 504 g/mol. The minimum Gasteiger partial charge on any atom is -0.353 e. The van der Waals surface area contributed by atoms with Crippen LogP contribution >= 0.6 is 23.1 Å². The van der Waals surface area contributed by atoms with Crippen LogP contribution in [0.3, 0.4) is 0 Å². The fourth-order valence-corrected chi connectivity index (χ4v) is 5.42. The number of thioether (sulfide) groups is 1. The Labute approximate surface area is 210 Å². The molecule has 1 aliphatic rings. The molecular formula is C26H21FN4O2S2. The normalized spacial score (nSPS) is 15.3. The Balaban J connectivity index is 1.58. The highest BCUT2D eigenvalue weighted by molar-refractivity contribution is 8.03. The van der Waals surface area contributed by atoms with Gasteiger partial charge in [0, 0.05) is 27.5 Å². The Morgan fingerprint density at radius 1 is 1.09 bits per heavy atom. The molecule has 2 amide bonds. The molecule has 6 nitrogen and oxygen atoms in total. The van der Waals surface area contributed by atoms with E-state index in [0.29, 0.717) is 33.2 Å². The number of nitrogens with zero attached hydrogens (tertiary/aromatic N) is 1. The highest BCUT2D eigenvalue weighted by atomic mass is 32.2. The number of thiophene rings is 1. The Morgan fingerprint density at radius 2 is 1.86 bits per heavy atom. The van der Waals surface area contributed by atoms with Crippen molar-refractivity contribution in [3.05, 3.63) is 105 Å². The van der Waals surface area contributed by atoms with E-state index in [2.05, 4.69) is 22.0 Å². The van der Waals surface area contributed by atoms with E-state index in [1.807, 2.05) is 35.7 Å². The van der Waals surface area contributed by atoms with E-state index in [0.717, 1.165) is 16.6 Å². The molecule has 0 radical (unpaired) electrons. The standard InChI is InChI=1S/C26H21FN4O2S2/c1-16-23(25(33)31-18-8-3-2-4-9-18)24(21-11-6-12-34-21)20(14-28)26(29-16)35-15-22(32)30-19-10-5-7-17(27)13-19/h2-13,24,29H,15H2,1H3,(H,30,32)(H,31,33). The predicted molar refractivity (Wildman–Crippen MR) is 138 cm³/mol. The highest BCUT2D eigenvalue weighted by Gasteiger charge is 2.35. The quantitative estimate of drug-likeness (QED) is 0.390. The molecule has 3 aromatic rings. The maximum absolute atomic E-state index is 13.4. The molecule has 1 atom stereocenters. The number of carbonyl (C=O) groups excluding carboxylic acids is 2. The molecule has 1 aliphatic heterocycles. The zero-order chi connectivity index (χ0) is 24.8. The summed E-state index contributed by atoms with van der Waals surface area (Å²) in [6.07, 6.45) is 0. The number of hydrogen-bond acceptors (Lipinski definition) is 6. The average Bonchev–Trinajstić information content (AvgIpc) is 3.37. The Hall–Kier alpha value is -3.87. The van der Waals surface area contributed by atoms with Gasteiger partial charge >= 0.3 is 0 Å². The van der Waals surface area contributed by atoms with Crippen LogP contribution in [0, 0.1) is 17.1 Å². The lowest BCUT2D eigenvalue weighted by Crippen LogP contribution is -2.30. The van der Waals surface area contributed by atoms with Gasteiger partial charge in [0.25, 0.3) is 5.91 Å². The van der Waals surface area contributed by atoms with Crippen LogP contribution < -0.4 is 16.0 Å². The number of nitriles is 1. The van der Waals surface area contributed by atoms with E-state index in [9.17, 15) is 19.2 Å². The molecule has 0 aliphatic carbocycles. The molecule has 1 unspecified atom stereocenters. The molecule has 0 saturated carbocycles. The van der Waals surface area contributed by atoms with Crippen molar-refractivity contribution in [2.75, 3.05) is 16.4 Å². The second kappa shape index (κ2) is 11.0. The number of amides is 2. The summed E-state index contributed by atoms with van der Waals surface area (Å²) < 4.78 is 13.4. The van der Waals surface area contributed by atoms with Crippen LogP contribution in [0.4, 0.5) is 15.8 Å². The maximum atomic E-state index is 13.4. The van der Waals surface area contributed by atoms with Crippen LogP contribution in [-0.2, 0) is 9.59 Å². The third-order valence-corrected chi connectivity index (χ3v) is 7.16. The lowest BCUT2D eigenvalue weighted by Gasteiger charge is -2.29. The molecular weight excluding hydrogens is 483 g/mol. The van der Waals surface area contributed by atoms with Gasteiger partial charge in [-0.05, 0) is 48.7 Å². The number of dihydropyridines is 1. The molecule has 0 spiro atoms. The average molecular weight is 505 g/mol. The van der Waals surface area contributed by atoms with Crippen LogP contribution in [0.15, 0.2) is 94.0 Å². The number of carbonyl (C=O) groups is 2. The van der Waals surface area contributed by atoms with Crippen LogP contribution in [0.2, 0.25) is 0 Å². The van der Waals surface area contributed by atoms with Crippen molar-refractivity contribution in [1.29, 1.82) is 5.26 Å². The molecule has 1 aromatic heterocycles. The van der Waals surface area contributed by atoms with Crippen LogP contribution in [0.1, 0.15) is 17.7 Å². The number of nitrogens with one attached hydrogen (secondary N) is 3. The molecule has 35 heavy (non-hydrogen) atoms. The van der Waals surface area contributed by atoms with Crippen LogP contribution in [-0.4, -0.2) is 17.6 Å².